The third-order valence-electron chi connectivity index (χ3n) is 6.90. The lowest BCUT2D eigenvalue weighted by atomic mass is 9.96. The molecule has 1 atom stereocenters. The maximum atomic E-state index is 13.9. The van der Waals surface area contributed by atoms with Crippen molar-refractivity contribution in [3.8, 4) is 22.9 Å². The number of piperidine rings is 1. The number of aromatic nitrogens is 1. The minimum Gasteiger partial charge on any atom is -0.492 e. The highest BCUT2D eigenvalue weighted by Crippen LogP contribution is 2.28. The van der Waals surface area contributed by atoms with Crippen LogP contribution in [0.1, 0.15) is 55.6 Å². The first-order valence-corrected chi connectivity index (χ1v) is 13.7. The van der Waals surface area contributed by atoms with E-state index in [9.17, 15) is 14.4 Å². The van der Waals surface area contributed by atoms with Crippen LogP contribution in [0, 0.1) is 17.2 Å². The van der Waals surface area contributed by atoms with Crippen molar-refractivity contribution in [2.45, 2.75) is 50.9 Å². The fourth-order valence-corrected chi connectivity index (χ4v) is 5.79. The first-order valence-electron chi connectivity index (χ1n) is 12.6. The van der Waals surface area contributed by atoms with Crippen molar-refractivity contribution < 1.29 is 13.9 Å². The molecule has 1 aromatic heterocycles. The molecule has 36 heavy (non-hydrogen) atoms. The molecule has 1 amide bonds. The summed E-state index contributed by atoms with van der Waals surface area (Å²) in [5, 5.41) is 15.5. The number of likely N-dealkylation sites (tertiary alicyclic amines) is 2. The Hall–Kier alpha value is -2.80. The number of halogens is 1. The molecule has 0 bridgehead atoms. The lowest BCUT2D eigenvalue weighted by molar-refractivity contribution is 0.0768. The average molecular weight is 508 g/mol. The number of carbonyl (C=O) groups is 1. The summed E-state index contributed by atoms with van der Waals surface area (Å²) in [5.41, 5.74) is 1.48. The van der Waals surface area contributed by atoms with Crippen LogP contribution in [0.4, 0.5) is 4.39 Å². The Kier molecular flexibility index (Phi) is 8.39. The molecule has 2 aliphatic rings. The van der Waals surface area contributed by atoms with Gasteiger partial charge >= 0.3 is 0 Å². The van der Waals surface area contributed by atoms with Gasteiger partial charge in [0.25, 0.3) is 5.91 Å². The number of nitrogens with two attached hydrogens (primary N) is 1. The highest BCUT2D eigenvalue weighted by molar-refractivity contribution is 6.34. The van der Waals surface area contributed by atoms with Gasteiger partial charge < -0.3 is 19.9 Å². The maximum Gasteiger partial charge on any atom is 0.272 e. The molecule has 2 aliphatic heterocycles. The Labute approximate surface area is 215 Å². The van der Waals surface area contributed by atoms with E-state index in [1.165, 1.54) is 0 Å². The van der Waals surface area contributed by atoms with Gasteiger partial charge in [-0.2, -0.15) is 5.26 Å². The van der Waals surface area contributed by atoms with E-state index in [4.69, 9.17) is 10.1 Å². The van der Waals surface area contributed by atoms with Crippen molar-refractivity contribution in [1.82, 2.24) is 14.8 Å². The number of benzene rings is 1. The molecule has 7 nitrogen and oxygen atoms in total. The Balaban J connectivity index is 1.36. The summed E-state index contributed by atoms with van der Waals surface area (Å²) in [5.74, 6) is 0.873. The smallest absolute Gasteiger partial charge is 0.272 e. The monoisotopic (exact) mass is 507 g/mol. The molecule has 190 valence electrons. The number of hydrogen-bond donors (Lipinski definition) is 1. The van der Waals surface area contributed by atoms with E-state index in [0.717, 1.165) is 56.4 Å². The van der Waals surface area contributed by atoms with Crippen molar-refractivity contribution in [2.24, 2.45) is 11.3 Å². The SMILES string of the molecule is CC(C)(F)CN1CCC(COc2ccc(-c3ccc(C(=O)N4CCC[C@H]4[Si]N)nc3)cc2C#N)CC1. The number of rotatable bonds is 8. The third-order valence-corrected chi connectivity index (χ3v) is 7.89. The van der Waals surface area contributed by atoms with E-state index in [1.807, 2.05) is 23.1 Å². The summed E-state index contributed by atoms with van der Waals surface area (Å²) in [6, 6.07) is 11.4. The van der Waals surface area contributed by atoms with Gasteiger partial charge in [0.2, 0.25) is 0 Å². The average Bonchev–Trinajstić information content (AvgIpc) is 3.36. The van der Waals surface area contributed by atoms with Crippen molar-refractivity contribution in [3.63, 3.8) is 0 Å². The van der Waals surface area contributed by atoms with E-state index in [0.29, 0.717) is 36.1 Å². The van der Waals surface area contributed by atoms with Crippen LogP contribution >= 0.6 is 0 Å². The van der Waals surface area contributed by atoms with Crippen LogP contribution in [0.15, 0.2) is 36.5 Å². The lowest BCUT2D eigenvalue weighted by Gasteiger charge is -2.34. The second kappa shape index (κ2) is 11.5. The molecule has 3 heterocycles. The summed E-state index contributed by atoms with van der Waals surface area (Å²) in [4.78, 5) is 21.2. The predicted octanol–water partition coefficient (Wildman–Crippen LogP) is 3.60. The van der Waals surface area contributed by atoms with E-state index in [-0.39, 0.29) is 21.3 Å². The minimum absolute atomic E-state index is 0.0808. The third kappa shape index (κ3) is 6.49. The molecule has 0 saturated carbocycles. The Bertz CT molecular complexity index is 1090. The largest absolute Gasteiger partial charge is 0.492 e. The van der Waals surface area contributed by atoms with Crippen molar-refractivity contribution in [3.05, 3.63) is 47.8 Å². The standard InChI is InChI=1S/C27H34FN5O2Si/c1-27(2,28)18-32-12-9-19(10-13-32)17-35-24-8-6-20(14-22(24)15-29)21-5-7-23(31-16-21)26(34)33-11-3-4-25(33)36-30/h5-8,14,16,19,25H,3-4,9-13,17-18,30H2,1-2H3/t25-/m1/s1. The molecule has 9 heteroatoms. The number of nitrogens with zero attached hydrogens (tertiary/aromatic N) is 4. The van der Waals surface area contributed by atoms with Gasteiger partial charge in [-0.05, 0) is 82.3 Å². The number of carbonyl (C=O) groups excluding carboxylic acids is 1. The van der Waals surface area contributed by atoms with Crippen molar-refractivity contribution >= 4 is 15.6 Å². The lowest BCUT2D eigenvalue weighted by Crippen LogP contribution is -2.42. The van der Waals surface area contributed by atoms with Gasteiger partial charge in [-0.1, -0.05) is 12.1 Å². The van der Waals surface area contributed by atoms with Crippen LogP contribution in [-0.4, -0.2) is 74.5 Å². The van der Waals surface area contributed by atoms with Gasteiger partial charge in [0.15, 0.2) is 9.68 Å². The normalized spacial score (nSPS) is 19.3. The molecule has 0 aliphatic carbocycles. The van der Waals surface area contributed by atoms with E-state index < -0.39 is 5.67 Å². The molecular weight excluding hydrogens is 473 g/mol. The molecule has 2 radical (unpaired) electrons. The van der Waals surface area contributed by atoms with Crippen LogP contribution in [0.25, 0.3) is 11.1 Å². The molecule has 0 spiro atoms. The van der Waals surface area contributed by atoms with Crippen LogP contribution < -0.4 is 10.1 Å². The van der Waals surface area contributed by atoms with Gasteiger partial charge in [-0.3, -0.25) is 9.78 Å². The Morgan fingerprint density at radius 2 is 1.97 bits per heavy atom. The van der Waals surface area contributed by atoms with Crippen LogP contribution in [0.5, 0.6) is 5.75 Å². The summed E-state index contributed by atoms with van der Waals surface area (Å²) in [6.07, 6.45) is 5.50. The van der Waals surface area contributed by atoms with Crippen LogP contribution in [0.3, 0.4) is 0 Å². The molecule has 2 aromatic rings. The highest BCUT2D eigenvalue weighted by atomic mass is 28.2. The van der Waals surface area contributed by atoms with E-state index in [1.54, 1.807) is 32.2 Å². The summed E-state index contributed by atoms with van der Waals surface area (Å²) < 4.78 is 19.9. The van der Waals surface area contributed by atoms with Gasteiger partial charge in [0, 0.05) is 30.5 Å². The molecule has 0 unspecified atom stereocenters. The summed E-state index contributed by atoms with van der Waals surface area (Å²) in [7, 11) is 0.218. The van der Waals surface area contributed by atoms with Gasteiger partial charge in [-0.15, -0.1) is 0 Å². The quantitative estimate of drug-likeness (QED) is 0.549. The number of ether oxygens (including phenoxy) is 1. The summed E-state index contributed by atoms with van der Waals surface area (Å²) >= 11 is 0. The maximum absolute atomic E-state index is 13.9. The Morgan fingerprint density at radius 3 is 2.61 bits per heavy atom. The van der Waals surface area contributed by atoms with Crippen LogP contribution in [-0.2, 0) is 0 Å². The second-order valence-electron chi connectivity index (χ2n) is 10.3. The number of hydrogen-bond acceptors (Lipinski definition) is 6. The number of amides is 1. The molecule has 4 rings (SSSR count). The summed E-state index contributed by atoms with van der Waals surface area (Å²) in [6.45, 7) is 6.68. The second-order valence-corrected chi connectivity index (χ2v) is 11.3. The molecule has 2 saturated heterocycles. The topological polar surface area (TPSA) is 95.5 Å². The van der Waals surface area contributed by atoms with Gasteiger partial charge in [-0.25, -0.2) is 4.39 Å². The van der Waals surface area contributed by atoms with Crippen molar-refractivity contribution in [2.75, 3.05) is 32.8 Å². The number of pyridine rings is 1. The van der Waals surface area contributed by atoms with E-state index in [2.05, 4.69) is 16.0 Å². The zero-order valence-electron chi connectivity index (χ0n) is 21.0. The number of alkyl halides is 1. The highest BCUT2D eigenvalue weighted by Gasteiger charge is 2.29. The van der Waals surface area contributed by atoms with E-state index >= 15 is 0 Å². The molecule has 1 aromatic carbocycles. The van der Waals surface area contributed by atoms with Crippen LogP contribution in [0.2, 0.25) is 0 Å². The Morgan fingerprint density at radius 1 is 1.22 bits per heavy atom. The zero-order valence-corrected chi connectivity index (χ0v) is 22.0. The minimum atomic E-state index is -1.18. The van der Waals surface area contributed by atoms with Gasteiger partial charge in [0.1, 0.15) is 23.2 Å². The molecular formula is C27H34FN5O2Si. The first-order chi connectivity index (χ1) is 17.3. The fourth-order valence-electron chi connectivity index (χ4n) is 4.99. The first kappa shape index (κ1) is 26.3. The molecule has 2 N–H and O–H groups in total. The zero-order chi connectivity index (χ0) is 25.7. The molecule has 2 fully saturated rings. The van der Waals surface area contributed by atoms with Gasteiger partial charge in [0.05, 0.1) is 12.2 Å². The van der Waals surface area contributed by atoms with Crippen molar-refractivity contribution in [1.29, 1.82) is 5.26 Å². The number of nitriles is 1. The fraction of sp³-hybridized carbons (Fsp3) is 0.519. The predicted molar refractivity (Wildman–Crippen MR) is 138 cm³/mol.